The van der Waals surface area contributed by atoms with Crippen LogP contribution in [0.4, 0.5) is 10.5 Å². The second kappa shape index (κ2) is 20.8. The molecule has 0 unspecified atom stereocenters. The van der Waals surface area contributed by atoms with Crippen LogP contribution in [0.15, 0.2) is 132 Å². The quantitative estimate of drug-likeness (QED) is 0.0544. The van der Waals surface area contributed by atoms with E-state index in [1.54, 1.807) is 11.0 Å². The average molecular weight is 907 g/mol. The highest BCUT2D eigenvalue weighted by Crippen LogP contribution is 2.42. The van der Waals surface area contributed by atoms with E-state index in [1.807, 2.05) is 72.8 Å². The lowest BCUT2D eigenvalue weighted by atomic mass is 9.82. The number of piperidine rings is 3. The van der Waals surface area contributed by atoms with Gasteiger partial charge in [-0.2, -0.15) is 0 Å². The maximum Gasteiger partial charge on any atom is 0.412 e. The van der Waals surface area contributed by atoms with E-state index in [4.69, 9.17) is 13.9 Å². The monoisotopic (exact) mass is 906 g/mol. The third kappa shape index (κ3) is 11.3. The Morgan fingerprint density at radius 3 is 2.24 bits per heavy atom. The van der Waals surface area contributed by atoms with Gasteiger partial charge in [0, 0.05) is 30.1 Å². The molecule has 3 aliphatic rings. The Hall–Kier alpha value is -5.72. The first-order valence-corrected chi connectivity index (χ1v) is 26.6. The fourth-order valence-electron chi connectivity index (χ4n) is 9.26. The van der Waals surface area contributed by atoms with Crippen molar-refractivity contribution in [1.29, 1.82) is 0 Å². The smallest absolute Gasteiger partial charge is 0.412 e. The van der Waals surface area contributed by atoms with Crippen LogP contribution in [-0.2, 0) is 23.9 Å². The van der Waals surface area contributed by atoms with Crippen molar-refractivity contribution < 1.29 is 23.8 Å². The van der Waals surface area contributed by atoms with E-state index < -0.39 is 14.4 Å². The van der Waals surface area contributed by atoms with Gasteiger partial charge < -0.3 is 34.2 Å². The second-order valence-electron chi connectivity index (χ2n) is 19.5. The number of carboxylic acid groups (broad SMARTS) is 1. The molecule has 1 aromatic heterocycles. The number of ether oxygens (including phenoxy) is 2. The SMILES string of the molecule is CC(C)(C)[Si](C)(C)O[C@@H](CNCCc1ccc(OCCCc2ccc(-c3ccccc3)c(N(C(=O)O)[C@H]3CN4CCC3CC4)c2)cc1)c1ccc(OCc2ccccc2)c2[nH]c(=O)ccc12. The Morgan fingerprint density at radius 1 is 0.848 bits per heavy atom. The van der Waals surface area contributed by atoms with Crippen LogP contribution in [0.25, 0.3) is 22.0 Å². The minimum atomic E-state index is -2.20. The number of aromatic amines is 1. The predicted octanol–water partition coefficient (Wildman–Crippen LogP) is 11.3. The molecule has 3 saturated heterocycles. The summed E-state index contributed by atoms with van der Waals surface area (Å²) in [5.41, 5.74) is 7.63. The molecular weight excluding hydrogens is 841 g/mol. The van der Waals surface area contributed by atoms with Gasteiger partial charge in [-0.3, -0.25) is 9.69 Å². The van der Waals surface area contributed by atoms with Gasteiger partial charge in [-0.15, -0.1) is 0 Å². The van der Waals surface area contributed by atoms with Crippen molar-refractivity contribution in [1.82, 2.24) is 15.2 Å². The van der Waals surface area contributed by atoms with E-state index >= 15 is 0 Å². The maximum absolute atomic E-state index is 13.0. The highest BCUT2D eigenvalue weighted by atomic mass is 28.4. The van der Waals surface area contributed by atoms with Gasteiger partial charge in [-0.25, -0.2) is 4.79 Å². The van der Waals surface area contributed by atoms with Gasteiger partial charge in [0.1, 0.15) is 18.1 Å². The van der Waals surface area contributed by atoms with Crippen molar-refractivity contribution >= 4 is 31.0 Å². The van der Waals surface area contributed by atoms with E-state index in [0.717, 1.165) is 103 Å². The predicted molar refractivity (Wildman–Crippen MR) is 269 cm³/mol. The molecule has 0 radical (unpaired) electrons. The third-order valence-corrected chi connectivity index (χ3v) is 18.5. The summed E-state index contributed by atoms with van der Waals surface area (Å²) in [6.07, 6.45) is 3.38. The Bertz CT molecular complexity index is 2610. The number of benzene rings is 5. The third-order valence-electron chi connectivity index (χ3n) is 14.0. The average Bonchev–Trinajstić information content (AvgIpc) is 3.31. The molecule has 0 saturated carbocycles. The van der Waals surface area contributed by atoms with Crippen LogP contribution < -0.4 is 25.2 Å². The zero-order valence-corrected chi connectivity index (χ0v) is 40.2. The molecule has 9 rings (SSSR count). The van der Waals surface area contributed by atoms with Crippen LogP contribution in [0.1, 0.15) is 68.4 Å². The number of pyridine rings is 1. The van der Waals surface area contributed by atoms with Crippen LogP contribution in [0.5, 0.6) is 11.5 Å². The highest BCUT2D eigenvalue weighted by molar-refractivity contribution is 6.74. The number of aromatic nitrogens is 1. The van der Waals surface area contributed by atoms with E-state index in [-0.39, 0.29) is 22.7 Å². The summed E-state index contributed by atoms with van der Waals surface area (Å²) in [6.45, 7) is 16.5. The van der Waals surface area contributed by atoms with Crippen LogP contribution in [0, 0.1) is 5.92 Å². The number of nitrogens with one attached hydrogen (secondary N) is 2. The van der Waals surface area contributed by atoms with Crippen molar-refractivity contribution in [3.05, 3.63) is 160 Å². The number of aryl methyl sites for hydroxylation is 1. The Balaban J connectivity index is 0.878. The number of anilines is 1. The molecule has 10 nitrogen and oxygen atoms in total. The van der Waals surface area contributed by atoms with E-state index in [9.17, 15) is 14.7 Å². The molecule has 5 aromatic carbocycles. The summed E-state index contributed by atoms with van der Waals surface area (Å²) < 4.78 is 19.6. The zero-order chi connectivity index (χ0) is 46.3. The molecule has 3 aliphatic heterocycles. The van der Waals surface area contributed by atoms with Crippen LogP contribution in [0.2, 0.25) is 18.1 Å². The summed E-state index contributed by atoms with van der Waals surface area (Å²) in [4.78, 5) is 32.8. The largest absolute Gasteiger partial charge is 0.494 e. The Kier molecular flexibility index (Phi) is 14.8. The number of fused-ring (bicyclic) bond motifs is 4. The van der Waals surface area contributed by atoms with E-state index in [1.165, 1.54) is 5.56 Å². The number of hydrogen-bond acceptors (Lipinski definition) is 7. The van der Waals surface area contributed by atoms with Gasteiger partial charge in [-0.1, -0.05) is 112 Å². The minimum absolute atomic E-state index is 0.00609. The summed E-state index contributed by atoms with van der Waals surface area (Å²) in [7, 11) is -2.20. The van der Waals surface area contributed by atoms with Gasteiger partial charge in [0.2, 0.25) is 5.56 Å². The minimum Gasteiger partial charge on any atom is -0.494 e. The molecule has 11 heteroatoms. The lowest BCUT2D eigenvalue weighted by molar-refractivity contribution is 0.0837. The normalized spacial score (nSPS) is 17.7. The Morgan fingerprint density at radius 2 is 1.56 bits per heavy atom. The molecule has 1 amide bonds. The number of hydrogen-bond donors (Lipinski definition) is 3. The lowest BCUT2D eigenvalue weighted by Crippen LogP contribution is -2.59. The lowest BCUT2D eigenvalue weighted by Gasteiger charge is -2.48. The molecule has 3 fully saturated rings. The molecular formula is C55H66N4O6Si. The first kappa shape index (κ1) is 46.8. The maximum atomic E-state index is 13.0. The highest BCUT2D eigenvalue weighted by Gasteiger charge is 2.41. The molecule has 2 bridgehead atoms. The van der Waals surface area contributed by atoms with E-state index in [0.29, 0.717) is 36.9 Å². The van der Waals surface area contributed by atoms with Crippen molar-refractivity contribution in [2.75, 3.05) is 44.2 Å². The molecule has 66 heavy (non-hydrogen) atoms. The number of rotatable bonds is 19. The van der Waals surface area contributed by atoms with Crippen LogP contribution in [-0.4, -0.2) is 74.8 Å². The summed E-state index contributed by atoms with van der Waals surface area (Å²) >= 11 is 0. The van der Waals surface area contributed by atoms with Gasteiger partial charge in [0.15, 0.2) is 8.32 Å². The standard InChI is InChI=1S/C55H66N4O6Si/c1-55(2,3)66(4,5)65-51(46-24-26-50(53-47(46)25-27-52(60)57-53)64-38-41-13-8-6-9-14-41)36-56-31-28-39-18-21-44(22-19-39)63-34-12-15-40-20-23-45(42-16-10-7-11-17-42)48(35-40)59(54(61)62)49-37-58-32-29-43(49)30-33-58/h6-11,13-14,16-27,35,43,49,51,56H,12,15,28-34,36-38H2,1-5H3,(H,57,60)(H,61,62)/t49-,51-/m0/s1. The second-order valence-corrected chi connectivity index (χ2v) is 24.3. The van der Waals surface area contributed by atoms with Gasteiger partial charge in [0.05, 0.1) is 30.0 Å². The fraction of sp³-hybridized carbons (Fsp3) is 0.382. The van der Waals surface area contributed by atoms with Gasteiger partial charge >= 0.3 is 6.09 Å². The van der Waals surface area contributed by atoms with Gasteiger partial charge in [-0.05, 0) is 134 Å². The van der Waals surface area contributed by atoms with Crippen LogP contribution >= 0.6 is 0 Å². The fourth-order valence-corrected chi connectivity index (χ4v) is 10.5. The molecule has 3 N–H and O–H groups in total. The summed E-state index contributed by atoms with van der Waals surface area (Å²) in [5.74, 6) is 1.84. The number of H-pyrrole nitrogens is 1. The summed E-state index contributed by atoms with van der Waals surface area (Å²) in [5, 5.41) is 15.3. The molecule has 6 aromatic rings. The van der Waals surface area contributed by atoms with Crippen molar-refractivity contribution in [3.8, 4) is 22.6 Å². The van der Waals surface area contributed by atoms with Gasteiger partial charge in [0.25, 0.3) is 0 Å². The van der Waals surface area contributed by atoms with Crippen molar-refractivity contribution in [2.45, 2.75) is 89.8 Å². The molecule has 0 spiro atoms. The molecule has 4 heterocycles. The number of carbonyl (C=O) groups is 1. The van der Waals surface area contributed by atoms with Crippen LogP contribution in [0.3, 0.4) is 0 Å². The van der Waals surface area contributed by atoms with Crippen molar-refractivity contribution in [3.63, 3.8) is 0 Å². The summed E-state index contributed by atoms with van der Waals surface area (Å²) in [6, 6.07) is 42.3. The first-order valence-electron chi connectivity index (χ1n) is 23.7. The zero-order valence-electron chi connectivity index (χ0n) is 39.2. The topological polar surface area (TPSA) is 116 Å². The first-order chi connectivity index (χ1) is 31.8. The Labute approximate surface area is 391 Å². The molecule has 346 valence electrons. The molecule has 2 atom stereocenters. The number of nitrogens with zero attached hydrogens (tertiary/aromatic N) is 2. The number of amides is 1. The van der Waals surface area contributed by atoms with Crippen molar-refractivity contribution in [2.24, 2.45) is 5.92 Å². The molecule has 0 aliphatic carbocycles. The van der Waals surface area contributed by atoms with E-state index in [2.05, 4.69) is 97.6 Å².